The lowest BCUT2D eigenvalue weighted by molar-refractivity contribution is -0.384. The van der Waals surface area contributed by atoms with E-state index >= 15 is 0 Å². The van der Waals surface area contributed by atoms with Gasteiger partial charge in [0, 0.05) is 5.56 Å². The summed E-state index contributed by atoms with van der Waals surface area (Å²) in [5, 5.41) is 17.9. The molecule has 0 spiro atoms. The van der Waals surface area contributed by atoms with Crippen LogP contribution in [0.4, 0.5) is 5.69 Å². The first-order chi connectivity index (χ1) is 9.13. The highest BCUT2D eigenvalue weighted by atomic mass is 16.6. The number of nitrogens with one attached hydrogen (secondary N) is 1. The third-order valence-corrected chi connectivity index (χ3v) is 2.65. The maximum atomic E-state index is 11.1. The molecular weight excluding hydrogens is 248 g/mol. The van der Waals surface area contributed by atoms with E-state index in [2.05, 4.69) is 15.5 Å². The fourth-order valence-corrected chi connectivity index (χ4v) is 1.75. The Morgan fingerprint density at radius 1 is 1.47 bits per heavy atom. The van der Waals surface area contributed by atoms with E-state index in [0.717, 1.165) is 6.54 Å². The molecule has 0 saturated heterocycles. The second-order valence-electron chi connectivity index (χ2n) is 4.02. The van der Waals surface area contributed by atoms with Gasteiger partial charge in [0.2, 0.25) is 0 Å². The Labute approximate surface area is 109 Å². The fourth-order valence-electron chi connectivity index (χ4n) is 1.75. The van der Waals surface area contributed by atoms with Gasteiger partial charge in [-0.2, -0.15) is 4.98 Å². The molecule has 0 saturated carbocycles. The number of benzene rings is 1. The molecular formula is C12H14N4O3. The molecule has 2 rings (SSSR count). The van der Waals surface area contributed by atoms with Crippen LogP contribution in [0.2, 0.25) is 0 Å². The number of nitro groups is 1. The zero-order chi connectivity index (χ0) is 13.8. The molecule has 1 heterocycles. The van der Waals surface area contributed by atoms with Crippen LogP contribution in [0.5, 0.6) is 0 Å². The maximum absolute atomic E-state index is 11.1. The summed E-state index contributed by atoms with van der Waals surface area (Å²) in [6.07, 6.45) is 0. The van der Waals surface area contributed by atoms with E-state index in [9.17, 15) is 10.1 Å². The van der Waals surface area contributed by atoms with E-state index in [0.29, 0.717) is 23.5 Å². The van der Waals surface area contributed by atoms with Gasteiger partial charge in [-0.3, -0.25) is 10.1 Å². The molecule has 0 radical (unpaired) electrons. The molecule has 0 bridgehead atoms. The standard InChI is InChI=1S/C12H14N4O3/c1-3-13-7-10-14-12(19-15-10)9-6-4-5-8(2)11(9)16(17)18/h4-6,13H,3,7H2,1-2H3. The average Bonchev–Trinajstić information content (AvgIpc) is 2.84. The molecule has 0 aliphatic heterocycles. The van der Waals surface area contributed by atoms with Crippen molar-refractivity contribution in [2.45, 2.75) is 20.4 Å². The minimum atomic E-state index is -0.432. The summed E-state index contributed by atoms with van der Waals surface area (Å²) < 4.78 is 5.09. The van der Waals surface area contributed by atoms with Crippen LogP contribution in [0.3, 0.4) is 0 Å². The number of aryl methyl sites for hydroxylation is 1. The van der Waals surface area contributed by atoms with Crippen molar-refractivity contribution >= 4 is 5.69 Å². The van der Waals surface area contributed by atoms with E-state index in [1.54, 1.807) is 25.1 Å². The second-order valence-corrected chi connectivity index (χ2v) is 4.02. The summed E-state index contributed by atoms with van der Waals surface area (Å²) >= 11 is 0. The number of para-hydroxylation sites is 1. The van der Waals surface area contributed by atoms with Crippen molar-refractivity contribution in [1.29, 1.82) is 0 Å². The molecule has 1 N–H and O–H groups in total. The van der Waals surface area contributed by atoms with E-state index in [1.165, 1.54) is 0 Å². The van der Waals surface area contributed by atoms with Gasteiger partial charge in [-0.1, -0.05) is 24.2 Å². The molecule has 0 fully saturated rings. The number of nitrogens with zero attached hydrogens (tertiary/aromatic N) is 3. The second kappa shape index (κ2) is 5.57. The third kappa shape index (κ3) is 2.76. The van der Waals surface area contributed by atoms with Gasteiger partial charge >= 0.3 is 0 Å². The van der Waals surface area contributed by atoms with Gasteiger partial charge in [0.25, 0.3) is 11.6 Å². The van der Waals surface area contributed by atoms with Crippen molar-refractivity contribution in [2.75, 3.05) is 6.54 Å². The lowest BCUT2D eigenvalue weighted by Gasteiger charge is -2.00. The lowest BCUT2D eigenvalue weighted by atomic mass is 10.1. The SMILES string of the molecule is CCNCc1noc(-c2cccc(C)c2[N+](=O)[O-])n1. The highest BCUT2D eigenvalue weighted by molar-refractivity contribution is 5.69. The van der Waals surface area contributed by atoms with Gasteiger partial charge in [-0.05, 0) is 19.5 Å². The molecule has 0 atom stereocenters. The molecule has 0 amide bonds. The zero-order valence-corrected chi connectivity index (χ0v) is 10.7. The van der Waals surface area contributed by atoms with Crippen LogP contribution in [-0.2, 0) is 6.54 Å². The van der Waals surface area contributed by atoms with E-state index < -0.39 is 4.92 Å². The Bertz CT molecular complexity index is 594. The van der Waals surface area contributed by atoms with Crippen LogP contribution in [-0.4, -0.2) is 21.6 Å². The van der Waals surface area contributed by atoms with Crippen molar-refractivity contribution in [3.05, 3.63) is 39.7 Å². The molecule has 0 aliphatic carbocycles. The summed E-state index contributed by atoms with van der Waals surface area (Å²) in [6.45, 7) is 4.90. The first-order valence-electron chi connectivity index (χ1n) is 5.91. The largest absolute Gasteiger partial charge is 0.334 e. The van der Waals surface area contributed by atoms with Crippen molar-refractivity contribution < 1.29 is 9.45 Å². The summed E-state index contributed by atoms with van der Waals surface area (Å²) in [5.41, 5.74) is 0.912. The average molecular weight is 262 g/mol. The van der Waals surface area contributed by atoms with Crippen LogP contribution in [0.15, 0.2) is 22.7 Å². The maximum Gasteiger partial charge on any atom is 0.285 e. The topological polar surface area (TPSA) is 94.1 Å². The Hall–Kier alpha value is -2.28. The number of aromatic nitrogens is 2. The highest BCUT2D eigenvalue weighted by Crippen LogP contribution is 2.31. The van der Waals surface area contributed by atoms with Gasteiger partial charge in [-0.15, -0.1) is 0 Å². The van der Waals surface area contributed by atoms with E-state index in [1.807, 2.05) is 6.92 Å². The molecule has 19 heavy (non-hydrogen) atoms. The lowest BCUT2D eigenvalue weighted by Crippen LogP contribution is -2.12. The third-order valence-electron chi connectivity index (χ3n) is 2.65. The van der Waals surface area contributed by atoms with Gasteiger partial charge in [-0.25, -0.2) is 0 Å². The van der Waals surface area contributed by atoms with E-state index in [-0.39, 0.29) is 11.6 Å². The smallest absolute Gasteiger partial charge is 0.285 e. The normalized spacial score (nSPS) is 10.6. The molecule has 2 aromatic rings. The van der Waals surface area contributed by atoms with E-state index in [4.69, 9.17) is 4.52 Å². The van der Waals surface area contributed by atoms with Gasteiger partial charge in [0.05, 0.1) is 11.5 Å². The molecule has 7 nitrogen and oxygen atoms in total. The fraction of sp³-hybridized carbons (Fsp3) is 0.333. The number of hydrogen-bond donors (Lipinski definition) is 1. The highest BCUT2D eigenvalue weighted by Gasteiger charge is 2.22. The molecule has 100 valence electrons. The molecule has 7 heteroatoms. The van der Waals surface area contributed by atoms with Crippen LogP contribution >= 0.6 is 0 Å². The van der Waals surface area contributed by atoms with Gasteiger partial charge in [0.1, 0.15) is 5.56 Å². The van der Waals surface area contributed by atoms with Crippen LogP contribution in [0.1, 0.15) is 18.3 Å². The Balaban J connectivity index is 2.39. The Morgan fingerprint density at radius 2 is 2.26 bits per heavy atom. The first-order valence-corrected chi connectivity index (χ1v) is 5.91. The monoisotopic (exact) mass is 262 g/mol. The van der Waals surface area contributed by atoms with Crippen LogP contribution < -0.4 is 5.32 Å². The van der Waals surface area contributed by atoms with Crippen molar-refractivity contribution in [3.63, 3.8) is 0 Å². The van der Waals surface area contributed by atoms with Crippen molar-refractivity contribution in [3.8, 4) is 11.5 Å². The predicted molar refractivity (Wildman–Crippen MR) is 68.5 cm³/mol. The molecule has 1 aromatic carbocycles. The molecule has 1 aromatic heterocycles. The van der Waals surface area contributed by atoms with Crippen LogP contribution in [0, 0.1) is 17.0 Å². The minimum Gasteiger partial charge on any atom is -0.334 e. The minimum absolute atomic E-state index is 0.00107. The van der Waals surface area contributed by atoms with Crippen molar-refractivity contribution in [2.24, 2.45) is 0 Å². The van der Waals surface area contributed by atoms with Crippen LogP contribution in [0.25, 0.3) is 11.5 Å². The summed E-state index contributed by atoms with van der Waals surface area (Å²) in [7, 11) is 0. The van der Waals surface area contributed by atoms with Gasteiger partial charge < -0.3 is 9.84 Å². The zero-order valence-electron chi connectivity index (χ0n) is 10.7. The summed E-state index contributed by atoms with van der Waals surface area (Å²) in [5.74, 6) is 0.649. The molecule has 0 aliphatic rings. The number of nitro benzene ring substituents is 1. The Morgan fingerprint density at radius 3 is 2.95 bits per heavy atom. The number of hydrogen-bond acceptors (Lipinski definition) is 6. The van der Waals surface area contributed by atoms with Crippen molar-refractivity contribution in [1.82, 2.24) is 15.5 Å². The predicted octanol–water partition coefficient (Wildman–Crippen LogP) is 2.06. The van der Waals surface area contributed by atoms with Gasteiger partial charge in [0.15, 0.2) is 5.82 Å². The molecule has 0 unspecified atom stereocenters. The summed E-state index contributed by atoms with van der Waals surface area (Å²) in [6, 6.07) is 5.01. The Kier molecular flexibility index (Phi) is 3.86. The summed E-state index contributed by atoms with van der Waals surface area (Å²) in [4.78, 5) is 14.8. The quantitative estimate of drug-likeness (QED) is 0.654. The first kappa shape index (κ1) is 13.2. The number of rotatable bonds is 5.